The zero-order chi connectivity index (χ0) is 10.2. The predicted molar refractivity (Wildman–Crippen MR) is 64.5 cm³/mol. The number of hydrogen-bond donors (Lipinski definition) is 1. The monoisotopic (exact) mass is 234 g/mol. The minimum absolute atomic E-state index is 0. The average Bonchev–Trinajstić information content (AvgIpc) is 2.15. The molecule has 0 bridgehead atoms. The van der Waals surface area contributed by atoms with Gasteiger partial charge >= 0.3 is 18.9 Å². The Bertz CT molecular complexity index is 575. The van der Waals surface area contributed by atoms with Gasteiger partial charge < -0.3 is 5.48 Å². The Morgan fingerprint density at radius 1 is 0.938 bits per heavy atom. The van der Waals surface area contributed by atoms with Gasteiger partial charge in [-0.15, -0.1) is 0 Å². The van der Waals surface area contributed by atoms with Gasteiger partial charge in [0.2, 0.25) is 0 Å². The van der Waals surface area contributed by atoms with Crippen LogP contribution in [-0.4, -0.2) is 37.3 Å². The standard InChI is InChI=1S/C10H8O3S.Li.H2O.H/c11-14(12,13)10-7-3-5-8-4-1-2-6-9(8)10;;;/h1-7H,(H,11,12,13);;1H2;. The third-order valence-electron chi connectivity index (χ3n) is 2.03. The van der Waals surface area contributed by atoms with E-state index in [1.807, 2.05) is 6.07 Å². The van der Waals surface area contributed by atoms with E-state index in [0.717, 1.165) is 5.39 Å². The van der Waals surface area contributed by atoms with E-state index in [4.69, 9.17) is 4.55 Å². The molecule has 0 spiro atoms. The molecule has 0 fully saturated rings. The van der Waals surface area contributed by atoms with Crippen LogP contribution in [0.2, 0.25) is 0 Å². The van der Waals surface area contributed by atoms with Gasteiger partial charge in [-0.2, -0.15) is 8.42 Å². The van der Waals surface area contributed by atoms with Crippen molar-refractivity contribution in [2.45, 2.75) is 4.90 Å². The van der Waals surface area contributed by atoms with Crippen molar-refractivity contribution < 1.29 is 18.4 Å². The van der Waals surface area contributed by atoms with Crippen molar-refractivity contribution >= 4 is 39.8 Å². The molecule has 0 radical (unpaired) electrons. The maximum absolute atomic E-state index is 11.0. The Balaban J connectivity index is 0.00000112. The molecule has 0 saturated carbocycles. The third kappa shape index (κ3) is 2.85. The Kier molecular flexibility index (Phi) is 5.20. The summed E-state index contributed by atoms with van der Waals surface area (Å²) >= 11 is 0. The first-order valence-corrected chi connectivity index (χ1v) is 5.48. The van der Waals surface area contributed by atoms with Crippen LogP contribution in [0.4, 0.5) is 0 Å². The molecule has 0 aliphatic rings. The molecule has 0 heterocycles. The summed E-state index contributed by atoms with van der Waals surface area (Å²) in [5, 5.41) is 1.33. The van der Waals surface area contributed by atoms with Gasteiger partial charge in [-0.3, -0.25) is 4.55 Å². The summed E-state index contributed by atoms with van der Waals surface area (Å²) in [5.41, 5.74) is 0. The molecule has 0 unspecified atom stereocenters. The predicted octanol–water partition coefficient (Wildman–Crippen LogP) is 0.613. The molecule has 0 aliphatic heterocycles. The zero-order valence-corrected chi connectivity index (χ0v) is 8.53. The second-order valence-electron chi connectivity index (χ2n) is 2.95. The van der Waals surface area contributed by atoms with Crippen LogP contribution in [0, 0.1) is 0 Å². The van der Waals surface area contributed by atoms with E-state index in [1.165, 1.54) is 6.07 Å². The van der Waals surface area contributed by atoms with E-state index < -0.39 is 10.1 Å². The molecule has 3 N–H and O–H groups in total. The van der Waals surface area contributed by atoms with Crippen LogP contribution in [0.1, 0.15) is 0 Å². The summed E-state index contributed by atoms with van der Waals surface area (Å²) in [6.45, 7) is 0. The second-order valence-corrected chi connectivity index (χ2v) is 4.34. The van der Waals surface area contributed by atoms with Crippen molar-refractivity contribution in [1.29, 1.82) is 0 Å². The van der Waals surface area contributed by atoms with Crippen molar-refractivity contribution in [3.05, 3.63) is 42.5 Å². The van der Waals surface area contributed by atoms with Gasteiger partial charge in [0, 0.05) is 5.39 Å². The molecular formula is C10H11LiO4S. The van der Waals surface area contributed by atoms with Crippen LogP contribution in [0.25, 0.3) is 10.8 Å². The molecule has 2 aromatic carbocycles. The van der Waals surface area contributed by atoms with E-state index in [1.54, 1.807) is 30.3 Å². The molecule has 0 saturated heterocycles. The van der Waals surface area contributed by atoms with Crippen molar-refractivity contribution in [1.82, 2.24) is 0 Å². The van der Waals surface area contributed by atoms with Crippen LogP contribution < -0.4 is 0 Å². The summed E-state index contributed by atoms with van der Waals surface area (Å²) in [6.07, 6.45) is 0. The van der Waals surface area contributed by atoms with Crippen LogP contribution in [0.15, 0.2) is 47.4 Å². The number of hydrogen-bond acceptors (Lipinski definition) is 2. The van der Waals surface area contributed by atoms with Gasteiger partial charge in [-0.05, 0) is 11.5 Å². The van der Waals surface area contributed by atoms with Crippen molar-refractivity contribution in [3.63, 3.8) is 0 Å². The van der Waals surface area contributed by atoms with Gasteiger partial charge in [0.25, 0.3) is 10.1 Å². The molecule has 2 aromatic rings. The second kappa shape index (κ2) is 5.48. The van der Waals surface area contributed by atoms with Gasteiger partial charge in [-0.25, -0.2) is 0 Å². The van der Waals surface area contributed by atoms with Crippen LogP contribution >= 0.6 is 0 Å². The first-order valence-electron chi connectivity index (χ1n) is 4.04. The quantitative estimate of drug-likeness (QED) is 0.579. The Morgan fingerprint density at radius 2 is 1.50 bits per heavy atom. The van der Waals surface area contributed by atoms with Gasteiger partial charge in [0.15, 0.2) is 0 Å². The molecule has 0 atom stereocenters. The minimum atomic E-state index is -4.13. The zero-order valence-electron chi connectivity index (χ0n) is 7.71. The molecule has 82 valence electrons. The van der Waals surface area contributed by atoms with E-state index in [9.17, 15) is 8.42 Å². The third-order valence-corrected chi connectivity index (χ3v) is 2.94. The SMILES string of the molecule is O.O=S(=O)(O)c1cccc2ccccc12.[LiH]. The van der Waals surface area contributed by atoms with Crippen molar-refractivity contribution in [2.75, 3.05) is 0 Å². The van der Waals surface area contributed by atoms with Gasteiger partial charge in [0.1, 0.15) is 4.90 Å². The van der Waals surface area contributed by atoms with E-state index >= 15 is 0 Å². The molecule has 0 aliphatic carbocycles. The summed E-state index contributed by atoms with van der Waals surface area (Å²) < 4.78 is 31.0. The summed E-state index contributed by atoms with van der Waals surface area (Å²) in [5.74, 6) is 0. The van der Waals surface area contributed by atoms with E-state index in [2.05, 4.69) is 0 Å². The fourth-order valence-corrected chi connectivity index (χ4v) is 2.13. The topological polar surface area (TPSA) is 85.9 Å². The number of rotatable bonds is 1. The molecule has 6 heteroatoms. The van der Waals surface area contributed by atoms with E-state index in [-0.39, 0.29) is 29.2 Å². The Hall–Kier alpha value is -0.833. The molecule has 2 rings (SSSR count). The molecule has 0 aromatic heterocycles. The number of benzene rings is 2. The fraction of sp³-hybridized carbons (Fsp3) is 0. The average molecular weight is 234 g/mol. The fourth-order valence-electron chi connectivity index (χ4n) is 1.42. The molecular weight excluding hydrogens is 223 g/mol. The molecule has 16 heavy (non-hydrogen) atoms. The van der Waals surface area contributed by atoms with Crippen molar-refractivity contribution in [2.24, 2.45) is 0 Å². The first-order chi connectivity index (χ1) is 6.59. The molecule has 0 amide bonds. The Labute approximate surface area is 106 Å². The van der Waals surface area contributed by atoms with Crippen molar-refractivity contribution in [3.8, 4) is 0 Å². The normalized spacial score (nSPS) is 10.3. The summed E-state index contributed by atoms with van der Waals surface area (Å²) in [6, 6.07) is 11.8. The summed E-state index contributed by atoms with van der Waals surface area (Å²) in [7, 11) is -4.13. The van der Waals surface area contributed by atoms with Gasteiger partial charge in [0.05, 0.1) is 0 Å². The van der Waals surface area contributed by atoms with E-state index in [0.29, 0.717) is 5.39 Å². The Morgan fingerprint density at radius 3 is 2.12 bits per heavy atom. The summed E-state index contributed by atoms with van der Waals surface area (Å²) in [4.78, 5) is -0.0457. The maximum atomic E-state index is 11.0. The molecule has 4 nitrogen and oxygen atoms in total. The van der Waals surface area contributed by atoms with Crippen LogP contribution in [0.3, 0.4) is 0 Å². The van der Waals surface area contributed by atoms with Crippen LogP contribution in [-0.2, 0) is 10.1 Å². The number of fused-ring (bicyclic) bond motifs is 1. The van der Waals surface area contributed by atoms with Gasteiger partial charge in [-0.1, -0.05) is 36.4 Å². The first kappa shape index (κ1) is 15.2. The van der Waals surface area contributed by atoms with Crippen LogP contribution in [0.5, 0.6) is 0 Å².